The monoisotopic (exact) mass is 214 g/mol. The van der Waals surface area contributed by atoms with Gasteiger partial charge >= 0.3 is 29.6 Å². The Bertz CT molecular complexity index is 565. The summed E-state index contributed by atoms with van der Waals surface area (Å²) >= 11 is 0. The van der Waals surface area contributed by atoms with E-state index in [1.165, 1.54) is 0 Å². The van der Waals surface area contributed by atoms with Gasteiger partial charge in [0.15, 0.2) is 11.2 Å². The maximum atomic E-state index is 11.4. The molecule has 0 saturated carbocycles. The number of aryl methyl sites for hydroxylation is 2. The molecule has 0 aliphatic carbocycles. The van der Waals surface area contributed by atoms with Gasteiger partial charge in [0.1, 0.15) is 0 Å². The normalized spacial score (nSPS) is 10.0. The molecule has 2 aromatic heterocycles. The zero-order chi connectivity index (χ0) is 10.3. The molecule has 6 nitrogen and oxygen atoms in total. The maximum Gasteiger partial charge on any atom is 1.00 e. The van der Waals surface area contributed by atoms with E-state index in [0.717, 1.165) is 11.4 Å². The fourth-order valence-electron chi connectivity index (χ4n) is 1.14. The largest absolute Gasteiger partial charge is 1.00 e. The first-order valence-corrected chi connectivity index (χ1v) is 4.08. The number of nitrogen functional groups attached to an aromatic ring is 1. The first kappa shape index (κ1) is 12.1. The number of anilines is 1. The van der Waals surface area contributed by atoms with Crippen LogP contribution in [0.4, 0.5) is 5.95 Å². The second-order valence-electron chi connectivity index (χ2n) is 3.02. The fourth-order valence-corrected chi connectivity index (χ4v) is 1.14. The number of nitrogens with zero attached hydrogens (tertiary/aromatic N) is 3. The third-order valence-electron chi connectivity index (χ3n) is 1.97. The Morgan fingerprint density at radius 3 is 2.40 bits per heavy atom. The zero-order valence-corrected chi connectivity index (χ0v) is 10.8. The molecule has 3 N–H and O–H groups in total. The van der Waals surface area contributed by atoms with Gasteiger partial charge in [-0.25, -0.2) is 9.97 Å². The van der Waals surface area contributed by atoms with Crippen LogP contribution in [0.5, 0.6) is 0 Å². The van der Waals surface area contributed by atoms with Crippen molar-refractivity contribution in [3.05, 3.63) is 21.7 Å². The Balaban J connectivity index is 0.00000112. The Morgan fingerprint density at radius 1 is 1.13 bits per heavy atom. The van der Waals surface area contributed by atoms with Crippen molar-refractivity contribution in [2.24, 2.45) is 0 Å². The number of aromatic amines is 1. The number of aromatic nitrogens is 4. The van der Waals surface area contributed by atoms with Crippen molar-refractivity contribution in [3.63, 3.8) is 0 Å². The van der Waals surface area contributed by atoms with Gasteiger partial charge in [-0.15, -0.1) is 0 Å². The molecule has 2 rings (SSSR count). The first-order valence-electron chi connectivity index (χ1n) is 4.08. The molecule has 15 heavy (non-hydrogen) atoms. The number of fused-ring (bicyclic) bond motifs is 1. The molecule has 0 radical (unpaired) electrons. The zero-order valence-electron chi connectivity index (χ0n) is 8.83. The summed E-state index contributed by atoms with van der Waals surface area (Å²) in [5, 5.41) is 0. The second-order valence-corrected chi connectivity index (χ2v) is 3.02. The van der Waals surface area contributed by atoms with Crippen LogP contribution in [0, 0.1) is 13.8 Å². The molecule has 0 fully saturated rings. The summed E-state index contributed by atoms with van der Waals surface area (Å²) < 4.78 is 0. The average Bonchev–Trinajstić information content (AvgIpc) is 2.08. The van der Waals surface area contributed by atoms with E-state index in [4.69, 9.17) is 5.73 Å². The number of nitrogens with one attached hydrogen (secondary N) is 1. The quantitative estimate of drug-likeness (QED) is 0.453. The summed E-state index contributed by atoms with van der Waals surface area (Å²) in [5.41, 5.74) is 6.99. The van der Waals surface area contributed by atoms with E-state index in [9.17, 15) is 4.79 Å². The minimum absolute atomic E-state index is 0. The number of hydrogen-bond donors (Lipinski definition) is 2. The summed E-state index contributed by atoms with van der Waals surface area (Å²) in [6.45, 7) is 3.60. The van der Waals surface area contributed by atoms with E-state index in [1.807, 2.05) is 0 Å². The Kier molecular flexibility index (Phi) is 3.43. The fraction of sp³-hybridized carbons (Fsp3) is 0.250. The Hall–Kier alpha value is -0.980. The summed E-state index contributed by atoms with van der Waals surface area (Å²) in [6.07, 6.45) is 0. The molecule has 72 valence electrons. The van der Waals surface area contributed by atoms with Crippen molar-refractivity contribution in [2.75, 3.05) is 5.73 Å². The maximum absolute atomic E-state index is 11.4. The number of nitrogens with two attached hydrogens (primary N) is 1. The molecule has 7 heteroatoms. The summed E-state index contributed by atoms with van der Waals surface area (Å²) in [7, 11) is 0. The van der Waals surface area contributed by atoms with Crippen LogP contribution in [0.25, 0.3) is 11.2 Å². The second kappa shape index (κ2) is 4.26. The van der Waals surface area contributed by atoms with Crippen molar-refractivity contribution in [2.45, 2.75) is 13.8 Å². The minimum Gasteiger partial charge on any atom is -0.369 e. The van der Waals surface area contributed by atoms with Crippen LogP contribution in [-0.4, -0.2) is 19.9 Å². The van der Waals surface area contributed by atoms with Gasteiger partial charge in [0.2, 0.25) is 5.95 Å². The smallest absolute Gasteiger partial charge is 0.369 e. The molecule has 0 spiro atoms. The standard InChI is InChI=1S/C8H9N5O.Na/c1-3-4(2)11-6-5(10-3)7(14)13-8(9)12-6;/h1-2H3,(H3,9,11,12,13,14);/q;+1. The third kappa shape index (κ3) is 2.17. The van der Waals surface area contributed by atoms with Crippen LogP contribution in [0.2, 0.25) is 0 Å². The molecular formula is C8H9N5NaO+. The Labute approximate surface area is 108 Å². The predicted octanol–water partition coefficient (Wildman–Crippen LogP) is -3.08. The molecule has 0 aromatic carbocycles. The van der Waals surface area contributed by atoms with Crippen molar-refractivity contribution in [1.29, 1.82) is 0 Å². The summed E-state index contributed by atoms with van der Waals surface area (Å²) in [4.78, 5) is 25.9. The average molecular weight is 214 g/mol. The molecule has 2 aromatic rings. The van der Waals surface area contributed by atoms with Crippen LogP contribution in [0.3, 0.4) is 0 Å². The van der Waals surface area contributed by atoms with Gasteiger partial charge in [0.25, 0.3) is 5.56 Å². The molecular weight excluding hydrogens is 205 g/mol. The van der Waals surface area contributed by atoms with Crippen LogP contribution < -0.4 is 40.9 Å². The van der Waals surface area contributed by atoms with Gasteiger partial charge in [0.05, 0.1) is 11.4 Å². The van der Waals surface area contributed by atoms with Gasteiger partial charge < -0.3 is 5.73 Å². The van der Waals surface area contributed by atoms with Crippen LogP contribution in [-0.2, 0) is 0 Å². The number of hydrogen-bond acceptors (Lipinski definition) is 5. The SMILES string of the molecule is Cc1nc2nc(N)[nH]c(=O)c2nc1C.[Na+]. The molecule has 0 bridgehead atoms. The van der Waals surface area contributed by atoms with Crippen molar-refractivity contribution in [1.82, 2.24) is 19.9 Å². The van der Waals surface area contributed by atoms with Crippen molar-refractivity contribution < 1.29 is 29.6 Å². The predicted molar refractivity (Wildman–Crippen MR) is 51.8 cm³/mol. The van der Waals surface area contributed by atoms with Gasteiger partial charge in [-0.2, -0.15) is 4.98 Å². The van der Waals surface area contributed by atoms with E-state index >= 15 is 0 Å². The van der Waals surface area contributed by atoms with Crippen molar-refractivity contribution >= 4 is 17.1 Å². The number of H-pyrrole nitrogens is 1. The summed E-state index contributed by atoms with van der Waals surface area (Å²) in [6, 6.07) is 0. The van der Waals surface area contributed by atoms with Crippen LogP contribution in [0.15, 0.2) is 4.79 Å². The van der Waals surface area contributed by atoms with Gasteiger partial charge in [-0.3, -0.25) is 9.78 Å². The Morgan fingerprint density at radius 2 is 1.73 bits per heavy atom. The molecule has 2 heterocycles. The summed E-state index contributed by atoms with van der Waals surface area (Å²) in [5.74, 6) is 0.0556. The molecule has 0 saturated heterocycles. The third-order valence-corrected chi connectivity index (χ3v) is 1.97. The topological polar surface area (TPSA) is 97.5 Å². The molecule has 0 aliphatic heterocycles. The van der Waals surface area contributed by atoms with E-state index < -0.39 is 0 Å². The van der Waals surface area contributed by atoms with Crippen molar-refractivity contribution in [3.8, 4) is 0 Å². The minimum atomic E-state index is -0.358. The first-order chi connectivity index (χ1) is 6.58. The van der Waals surface area contributed by atoms with E-state index in [2.05, 4.69) is 19.9 Å². The van der Waals surface area contributed by atoms with E-state index in [1.54, 1.807) is 13.8 Å². The molecule has 0 unspecified atom stereocenters. The van der Waals surface area contributed by atoms with Gasteiger partial charge in [-0.1, -0.05) is 0 Å². The molecule has 0 aliphatic rings. The van der Waals surface area contributed by atoms with E-state index in [0.29, 0.717) is 0 Å². The number of rotatable bonds is 0. The molecule has 0 amide bonds. The van der Waals surface area contributed by atoms with E-state index in [-0.39, 0.29) is 52.2 Å². The molecule has 0 atom stereocenters. The van der Waals surface area contributed by atoms with Gasteiger partial charge in [0, 0.05) is 0 Å². The van der Waals surface area contributed by atoms with Crippen LogP contribution >= 0.6 is 0 Å². The van der Waals surface area contributed by atoms with Gasteiger partial charge in [-0.05, 0) is 13.8 Å². The van der Waals surface area contributed by atoms with Crippen LogP contribution in [0.1, 0.15) is 11.4 Å².